The highest BCUT2D eigenvalue weighted by atomic mass is 16.3. The van der Waals surface area contributed by atoms with Crippen molar-refractivity contribution >= 4 is 0 Å². The first-order valence-electron chi connectivity index (χ1n) is 8.57. The fourth-order valence-electron chi connectivity index (χ4n) is 4.03. The summed E-state index contributed by atoms with van der Waals surface area (Å²) in [6, 6.07) is 0. The van der Waals surface area contributed by atoms with Crippen molar-refractivity contribution in [1.82, 2.24) is 10.2 Å². The Morgan fingerprint density at radius 1 is 1.25 bits per heavy atom. The molecule has 3 heteroatoms. The van der Waals surface area contributed by atoms with Crippen LogP contribution in [0, 0.1) is 17.8 Å². The third kappa shape index (κ3) is 4.44. The van der Waals surface area contributed by atoms with Gasteiger partial charge in [-0.05, 0) is 43.7 Å². The van der Waals surface area contributed by atoms with E-state index in [1.807, 2.05) is 0 Å². The van der Waals surface area contributed by atoms with E-state index in [0.717, 1.165) is 38.5 Å². The van der Waals surface area contributed by atoms with Crippen molar-refractivity contribution in [1.29, 1.82) is 0 Å². The van der Waals surface area contributed by atoms with Crippen LogP contribution in [0.25, 0.3) is 0 Å². The van der Waals surface area contributed by atoms with Crippen LogP contribution in [0.2, 0.25) is 0 Å². The lowest BCUT2D eigenvalue weighted by atomic mass is 9.65. The minimum atomic E-state index is -0.0566. The molecular formula is C17H36N2O. The predicted octanol–water partition coefficient (Wildman–Crippen LogP) is 2.74. The molecular weight excluding hydrogens is 248 g/mol. The van der Waals surface area contributed by atoms with Gasteiger partial charge in [-0.15, -0.1) is 0 Å². The number of nitrogens with zero attached hydrogens (tertiary/aromatic N) is 1. The van der Waals surface area contributed by atoms with Gasteiger partial charge >= 0.3 is 0 Å². The molecule has 1 saturated carbocycles. The smallest absolute Gasteiger partial charge is 0.0616 e. The van der Waals surface area contributed by atoms with Crippen molar-refractivity contribution in [3.8, 4) is 0 Å². The molecule has 0 radical (unpaired) electrons. The minimum Gasteiger partial charge on any atom is -0.394 e. The van der Waals surface area contributed by atoms with Gasteiger partial charge in [0.05, 0.1) is 6.61 Å². The Morgan fingerprint density at radius 3 is 2.40 bits per heavy atom. The van der Waals surface area contributed by atoms with E-state index in [1.165, 1.54) is 12.8 Å². The quantitative estimate of drug-likeness (QED) is 0.719. The number of hydrogen-bond donors (Lipinski definition) is 2. The lowest BCUT2D eigenvalue weighted by molar-refractivity contribution is 0.0222. The van der Waals surface area contributed by atoms with Crippen molar-refractivity contribution in [2.24, 2.45) is 17.8 Å². The van der Waals surface area contributed by atoms with Crippen LogP contribution in [0.5, 0.6) is 0 Å². The van der Waals surface area contributed by atoms with E-state index < -0.39 is 0 Å². The van der Waals surface area contributed by atoms with Crippen LogP contribution in [0.1, 0.15) is 53.9 Å². The van der Waals surface area contributed by atoms with Crippen molar-refractivity contribution in [2.75, 3.05) is 32.8 Å². The third-order valence-electron chi connectivity index (χ3n) is 5.28. The van der Waals surface area contributed by atoms with Gasteiger partial charge < -0.3 is 15.3 Å². The van der Waals surface area contributed by atoms with Gasteiger partial charge in [0.15, 0.2) is 0 Å². The highest BCUT2D eigenvalue weighted by molar-refractivity contribution is 4.99. The maximum absolute atomic E-state index is 10.1. The standard InChI is InChI=1S/C17H36N2O/c1-6-19(7-2)11-10-18-17(13-20)12-15(5)8-9-16(17)14(3)4/h14-16,18,20H,6-13H2,1-5H3. The number of rotatable bonds is 8. The van der Waals surface area contributed by atoms with Crippen molar-refractivity contribution in [3.05, 3.63) is 0 Å². The molecule has 0 aromatic heterocycles. The van der Waals surface area contributed by atoms with Crippen molar-refractivity contribution in [2.45, 2.75) is 59.4 Å². The van der Waals surface area contributed by atoms with Crippen molar-refractivity contribution in [3.63, 3.8) is 0 Å². The number of hydrogen-bond acceptors (Lipinski definition) is 3. The predicted molar refractivity (Wildman–Crippen MR) is 87.0 cm³/mol. The lowest BCUT2D eigenvalue weighted by Crippen LogP contribution is -2.59. The van der Waals surface area contributed by atoms with Crippen LogP contribution in [-0.4, -0.2) is 48.3 Å². The first-order valence-corrected chi connectivity index (χ1v) is 8.57. The highest BCUT2D eigenvalue weighted by Gasteiger charge is 2.43. The molecule has 1 aliphatic carbocycles. The van der Waals surface area contributed by atoms with E-state index in [0.29, 0.717) is 11.8 Å². The molecule has 3 nitrogen and oxygen atoms in total. The SMILES string of the molecule is CCN(CC)CCNC1(CO)CC(C)CCC1C(C)C. The maximum atomic E-state index is 10.1. The summed E-state index contributed by atoms with van der Waals surface area (Å²) in [4.78, 5) is 2.44. The van der Waals surface area contributed by atoms with Crippen LogP contribution >= 0.6 is 0 Å². The van der Waals surface area contributed by atoms with E-state index in [-0.39, 0.29) is 12.1 Å². The summed E-state index contributed by atoms with van der Waals surface area (Å²) in [6.07, 6.45) is 3.67. The Labute approximate surface area is 126 Å². The summed E-state index contributed by atoms with van der Waals surface area (Å²) in [5, 5.41) is 13.8. The zero-order valence-corrected chi connectivity index (χ0v) is 14.3. The summed E-state index contributed by atoms with van der Waals surface area (Å²) in [5.41, 5.74) is -0.0566. The molecule has 120 valence electrons. The van der Waals surface area contributed by atoms with Crippen LogP contribution in [0.4, 0.5) is 0 Å². The second-order valence-corrected chi connectivity index (χ2v) is 7.01. The second-order valence-electron chi connectivity index (χ2n) is 7.01. The zero-order valence-electron chi connectivity index (χ0n) is 14.3. The maximum Gasteiger partial charge on any atom is 0.0616 e. The minimum absolute atomic E-state index is 0.0566. The summed E-state index contributed by atoms with van der Waals surface area (Å²) < 4.78 is 0. The molecule has 20 heavy (non-hydrogen) atoms. The van der Waals surface area contributed by atoms with Crippen LogP contribution in [-0.2, 0) is 0 Å². The molecule has 0 bridgehead atoms. The van der Waals surface area contributed by atoms with Gasteiger partial charge in [-0.2, -0.15) is 0 Å². The number of aliphatic hydroxyl groups excluding tert-OH is 1. The molecule has 3 atom stereocenters. The van der Waals surface area contributed by atoms with E-state index >= 15 is 0 Å². The molecule has 3 unspecified atom stereocenters. The molecule has 0 saturated heterocycles. The van der Waals surface area contributed by atoms with Gasteiger partial charge in [-0.25, -0.2) is 0 Å². The fourth-order valence-corrected chi connectivity index (χ4v) is 4.03. The Hall–Kier alpha value is -0.120. The molecule has 1 aliphatic rings. The molecule has 0 aromatic rings. The third-order valence-corrected chi connectivity index (χ3v) is 5.28. The largest absolute Gasteiger partial charge is 0.394 e. The molecule has 0 spiro atoms. The molecule has 0 heterocycles. The summed E-state index contributed by atoms with van der Waals surface area (Å²) in [6.45, 7) is 15.9. The van der Waals surface area contributed by atoms with Gasteiger partial charge in [0.25, 0.3) is 0 Å². The Bertz CT molecular complexity index is 266. The van der Waals surface area contributed by atoms with Gasteiger partial charge in [0.1, 0.15) is 0 Å². The average molecular weight is 284 g/mol. The Kier molecular flexibility index (Phi) is 7.49. The lowest BCUT2D eigenvalue weighted by Gasteiger charge is -2.48. The average Bonchev–Trinajstić information content (AvgIpc) is 2.43. The monoisotopic (exact) mass is 284 g/mol. The van der Waals surface area contributed by atoms with E-state index in [1.54, 1.807) is 0 Å². The van der Waals surface area contributed by atoms with Gasteiger partial charge in [0, 0.05) is 18.6 Å². The molecule has 1 fully saturated rings. The molecule has 0 amide bonds. The van der Waals surface area contributed by atoms with Gasteiger partial charge in [0.2, 0.25) is 0 Å². The normalized spacial score (nSPS) is 31.2. The Morgan fingerprint density at radius 2 is 1.90 bits per heavy atom. The topological polar surface area (TPSA) is 35.5 Å². The second kappa shape index (κ2) is 8.35. The molecule has 2 N–H and O–H groups in total. The number of likely N-dealkylation sites (N-methyl/N-ethyl adjacent to an activating group) is 1. The van der Waals surface area contributed by atoms with Gasteiger partial charge in [-0.3, -0.25) is 0 Å². The van der Waals surface area contributed by atoms with Crippen molar-refractivity contribution < 1.29 is 5.11 Å². The molecule has 1 rings (SSSR count). The summed E-state index contributed by atoms with van der Waals surface area (Å²) >= 11 is 0. The number of nitrogens with one attached hydrogen (secondary N) is 1. The zero-order chi connectivity index (χ0) is 15.2. The Balaban J connectivity index is 2.66. The number of aliphatic hydroxyl groups is 1. The first kappa shape index (κ1) is 17.9. The van der Waals surface area contributed by atoms with Crippen LogP contribution in [0.3, 0.4) is 0 Å². The summed E-state index contributed by atoms with van der Waals surface area (Å²) in [5.74, 6) is 1.95. The van der Waals surface area contributed by atoms with Crippen LogP contribution in [0.15, 0.2) is 0 Å². The van der Waals surface area contributed by atoms with Crippen LogP contribution < -0.4 is 5.32 Å². The van der Waals surface area contributed by atoms with E-state index in [2.05, 4.69) is 44.8 Å². The highest BCUT2D eigenvalue weighted by Crippen LogP contribution is 2.40. The summed E-state index contributed by atoms with van der Waals surface area (Å²) in [7, 11) is 0. The van der Waals surface area contributed by atoms with E-state index in [9.17, 15) is 5.11 Å². The molecule has 0 aromatic carbocycles. The van der Waals surface area contributed by atoms with E-state index in [4.69, 9.17) is 0 Å². The molecule has 0 aliphatic heterocycles. The first-order chi connectivity index (χ1) is 9.49. The fraction of sp³-hybridized carbons (Fsp3) is 1.00. The van der Waals surface area contributed by atoms with Gasteiger partial charge in [-0.1, -0.05) is 41.0 Å².